The standard InChI is InChI=1S/C20H14Cl2F6O3/c21-16-2-1-12(7-17(16)22)15(3-4-29)18(30)10-31-9-11-5-13(19(23,24)25)8-14(6-11)20(26,27)28/h1-2,4-8,15H,3,9-10H2. The highest BCUT2D eigenvalue weighted by Gasteiger charge is 2.36. The Kier molecular flexibility index (Phi) is 8.13. The average Bonchev–Trinajstić information content (AvgIpc) is 2.66. The molecule has 2 rings (SSSR count). The third kappa shape index (κ3) is 6.95. The molecule has 0 aliphatic carbocycles. The van der Waals surface area contributed by atoms with E-state index in [9.17, 15) is 35.9 Å². The first-order chi connectivity index (χ1) is 14.3. The molecule has 0 aliphatic rings. The molecule has 0 heterocycles. The minimum atomic E-state index is -4.99. The third-order valence-electron chi connectivity index (χ3n) is 4.23. The monoisotopic (exact) mass is 486 g/mol. The summed E-state index contributed by atoms with van der Waals surface area (Å²) in [6, 6.07) is 5.32. The van der Waals surface area contributed by atoms with Crippen LogP contribution in [0.1, 0.15) is 34.6 Å². The largest absolute Gasteiger partial charge is 0.416 e. The molecule has 0 aliphatic heterocycles. The van der Waals surface area contributed by atoms with E-state index in [2.05, 4.69) is 0 Å². The van der Waals surface area contributed by atoms with Gasteiger partial charge in [-0.05, 0) is 41.5 Å². The number of benzene rings is 2. The first kappa shape index (κ1) is 25.2. The fourth-order valence-corrected chi connectivity index (χ4v) is 3.06. The van der Waals surface area contributed by atoms with Gasteiger partial charge < -0.3 is 9.53 Å². The van der Waals surface area contributed by atoms with Crippen LogP contribution in [0.15, 0.2) is 36.4 Å². The summed E-state index contributed by atoms with van der Waals surface area (Å²) in [5.41, 5.74) is -3.01. The smallest absolute Gasteiger partial charge is 0.369 e. The van der Waals surface area contributed by atoms with Crippen molar-refractivity contribution in [2.45, 2.75) is 31.3 Å². The van der Waals surface area contributed by atoms with Crippen molar-refractivity contribution < 1.29 is 40.7 Å². The molecule has 0 aromatic heterocycles. The minimum Gasteiger partial charge on any atom is -0.369 e. The lowest BCUT2D eigenvalue weighted by molar-refractivity contribution is -0.143. The number of ketones is 1. The van der Waals surface area contributed by atoms with E-state index in [1.54, 1.807) is 0 Å². The van der Waals surface area contributed by atoms with Crippen LogP contribution in [0.5, 0.6) is 0 Å². The lowest BCUT2D eigenvalue weighted by atomic mass is 9.92. The maximum Gasteiger partial charge on any atom is 0.416 e. The van der Waals surface area contributed by atoms with Crippen molar-refractivity contribution >= 4 is 35.3 Å². The van der Waals surface area contributed by atoms with E-state index >= 15 is 0 Å². The van der Waals surface area contributed by atoms with Gasteiger partial charge >= 0.3 is 12.4 Å². The van der Waals surface area contributed by atoms with Gasteiger partial charge in [-0.2, -0.15) is 26.3 Å². The molecular weight excluding hydrogens is 473 g/mol. The van der Waals surface area contributed by atoms with Crippen molar-refractivity contribution in [3.63, 3.8) is 0 Å². The Balaban J connectivity index is 2.16. The van der Waals surface area contributed by atoms with E-state index in [4.69, 9.17) is 27.9 Å². The van der Waals surface area contributed by atoms with Crippen molar-refractivity contribution in [2.24, 2.45) is 0 Å². The fourth-order valence-electron chi connectivity index (χ4n) is 2.75. The summed E-state index contributed by atoms with van der Waals surface area (Å²) < 4.78 is 82.5. The Morgan fingerprint density at radius 1 is 0.935 bits per heavy atom. The van der Waals surface area contributed by atoms with E-state index in [0.717, 1.165) is 0 Å². The van der Waals surface area contributed by atoms with Gasteiger partial charge in [-0.15, -0.1) is 0 Å². The summed E-state index contributed by atoms with van der Waals surface area (Å²) in [5.74, 6) is -1.56. The Morgan fingerprint density at radius 2 is 1.52 bits per heavy atom. The highest BCUT2D eigenvalue weighted by Crippen LogP contribution is 2.36. The van der Waals surface area contributed by atoms with Crippen molar-refractivity contribution in [3.8, 4) is 0 Å². The number of Topliss-reactive ketones (excluding diaryl/α,β-unsaturated/α-hetero) is 1. The molecule has 1 unspecified atom stereocenters. The second-order valence-corrected chi connectivity index (χ2v) is 7.32. The summed E-state index contributed by atoms with van der Waals surface area (Å²) in [6.07, 6.45) is -9.71. The Morgan fingerprint density at radius 3 is 2.00 bits per heavy atom. The summed E-state index contributed by atoms with van der Waals surface area (Å²) in [4.78, 5) is 23.4. The van der Waals surface area contributed by atoms with Crippen LogP contribution in [-0.4, -0.2) is 18.7 Å². The van der Waals surface area contributed by atoms with Gasteiger partial charge in [0.05, 0.1) is 33.7 Å². The van der Waals surface area contributed by atoms with Gasteiger partial charge in [0.15, 0.2) is 5.78 Å². The van der Waals surface area contributed by atoms with E-state index in [0.29, 0.717) is 24.0 Å². The Hall–Kier alpha value is -2.10. The summed E-state index contributed by atoms with van der Waals surface area (Å²) in [5, 5.41) is 0.372. The van der Waals surface area contributed by atoms with Crippen LogP contribution >= 0.6 is 23.2 Å². The predicted molar refractivity (Wildman–Crippen MR) is 101 cm³/mol. The molecule has 31 heavy (non-hydrogen) atoms. The zero-order chi connectivity index (χ0) is 23.4. The first-order valence-electron chi connectivity index (χ1n) is 8.60. The molecule has 0 fully saturated rings. The molecule has 11 heteroatoms. The number of alkyl halides is 6. The summed E-state index contributed by atoms with van der Waals surface area (Å²) >= 11 is 11.7. The van der Waals surface area contributed by atoms with Crippen LogP contribution in [0.4, 0.5) is 26.3 Å². The number of aldehydes is 1. The van der Waals surface area contributed by atoms with Gasteiger partial charge in [-0.25, -0.2) is 0 Å². The number of rotatable bonds is 8. The van der Waals surface area contributed by atoms with Crippen molar-refractivity contribution in [1.29, 1.82) is 0 Å². The summed E-state index contributed by atoms with van der Waals surface area (Å²) in [6.45, 7) is -1.32. The second-order valence-electron chi connectivity index (χ2n) is 6.50. The second kappa shape index (κ2) is 10.0. The van der Waals surface area contributed by atoms with E-state index in [1.165, 1.54) is 18.2 Å². The van der Waals surface area contributed by atoms with Crippen LogP contribution in [0.2, 0.25) is 10.0 Å². The van der Waals surface area contributed by atoms with Crippen molar-refractivity contribution in [3.05, 3.63) is 68.7 Å². The maximum absolute atomic E-state index is 12.9. The minimum absolute atomic E-state index is 0.000950. The molecule has 0 spiro atoms. The Bertz CT molecular complexity index is 925. The number of ether oxygens (including phenoxy) is 1. The molecule has 2 aromatic carbocycles. The predicted octanol–water partition coefficient (Wildman–Crippen LogP) is 6.49. The van der Waals surface area contributed by atoms with Crippen LogP contribution < -0.4 is 0 Å². The number of halogens is 8. The molecule has 0 bridgehead atoms. The Labute approximate surface area is 182 Å². The van der Waals surface area contributed by atoms with Gasteiger partial charge in [-0.3, -0.25) is 4.79 Å². The highest BCUT2D eigenvalue weighted by molar-refractivity contribution is 6.42. The average molecular weight is 487 g/mol. The molecule has 0 saturated carbocycles. The third-order valence-corrected chi connectivity index (χ3v) is 4.97. The van der Waals surface area contributed by atoms with Crippen LogP contribution in [0.3, 0.4) is 0 Å². The molecule has 1 atom stereocenters. The number of hydrogen-bond acceptors (Lipinski definition) is 3. The van der Waals surface area contributed by atoms with Gasteiger partial charge in [0.1, 0.15) is 12.9 Å². The zero-order valence-corrected chi connectivity index (χ0v) is 17.0. The van der Waals surface area contributed by atoms with Gasteiger partial charge in [0.25, 0.3) is 0 Å². The number of hydrogen-bond donors (Lipinski definition) is 0. The van der Waals surface area contributed by atoms with E-state index < -0.39 is 54.0 Å². The fraction of sp³-hybridized carbons (Fsp3) is 0.300. The quantitative estimate of drug-likeness (QED) is 0.316. The first-order valence-corrected chi connectivity index (χ1v) is 9.36. The highest BCUT2D eigenvalue weighted by atomic mass is 35.5. The lowest BCUT2D eigenvalue weighted by Gasteiger charge is -2.16. The lowest BCUT2D eigenvalue weighted by Crippen LogP contribution is -2.19. The molecule has 2 aromatic rings. The zero-order valence-electron chi connectivity index (χ0n) is 15.5. The van der Waals surface area contributed by atoms with E-state index in [1.807, 2.05) is 0 Å². The molecule has 0 radical (unpaired) electrons. The van der Waals surface area contributed by atoms with Gasteiger partial charge in [-0.1, -0.05) is 29.3 Å². The van der Waals surface area contributed by atoms with Crippen molar-refractivity contribution in [2.75, 3.05) is 6.61 Å². The van der Waals surface area contributed by atoms with E-state index in [-0.39, 0.29) is 22.5 Å². The molecule has 3 nitrogen and oxygen atoms in total. The van der Waals surface area contributed by atoms with Crippen LogP contribution in [0, 0.1) is 0 Å². The molecule has 0 amide bonds. The normalized spacial score (nSPS) is 13.2. The molecule has 0 N–H and O–H groups in total. The maximum atomic E-state index is 12.9. The summed E-state index contributed by atoms with van der Waals surface area (Å²) in [7, 11) is 0. The molecule has 0 saturated heterocycles. The van der Waals surface area contributed by atoms with Crippen LogP contribution in [0.25, 0.3) is 0 Å². The van der Waals surface area contributed by atoms with Gasteiger partial charge in [0, 0.05) is 6.42 Å². The molecule has 168 valence electrons. The number of carbonyl (C=O) groups excluding carboxylic acids is 2. The van der Waals surface area contributed by atoms with Gasteiger partial charge in [0.2, 0.25) is 0 Å². The molecular formula is C20H14Cl2F6O3. The number of carbonyl (C=O) groups is 2. The van der Waals surface area contributed by atoms with Crippen LogP contribution in [-0.2, 0) is 33.3 Å². The van der Waals surface area contributed by atoms with Crippen molar-refractivity contribution in [1.82, 2.24) is 0 Å². The SMILES string of the molecule is O=CCC(C(=O)COCc1cc(C(F)(F)F)cc(C(F)(F)F)c1)c1ccc(Cl)c(Cl)c1. The topological polar surface area (TPSA) is 43.4 Å².